The molecule has 0 saturated carbocycles. The van der Waals surface area contributed by atoms with Crippen molar-refractivity contribution in [2.45, 2.75) is 6.42 Å². The number of aromatic nitrogens is 2. The van der Waals surface area contributed by atoms with Crippen molar-refractivity contribution in [3.8, 4) is 0 Å². The highest BCUT2D eigenvalue weighted by Gasteiger charge is 2.14. The summed E-state index contributed by atoms with van der Waals surface area (Å²) in [4.78, 5) is 18.4. The highest BCUT2D eigenvalue weighted by molar-refractivity contribution is 6.31. The van der Waals surface area contributed by atoms with Crippen molar-refractivity contribution in [2.24, 2.45) is 0 Å². The van der Waals surface area contributed by atoms with Crippen LogP contribution in [0.5, 0.6) is 0 Å². The molecular weight excluding hydrogens is 295 g/mol. The van der Waals surface area contributed by atoms with Gasteiger partial charge in [-0.3, -0.25) is 0 Å². The average Bonchev–Trinajstić information content (AvgIpc) is 2.85. The minimum Gasteiger partial charge on any atom is -0.478 e. The second kappa shape index (κ2) is 5.18. The van der Waals surface area contributed by atoms with Crippen molar-refractivity contribution in [3.05, 3.63) is 64.2 Å². The van der Waals surface area contributed by atoms with Crippen molar-refractivity contribution in [3.63, 3.8) is 0 Å². The molecule has 0 bridgehead atoms. The molecule has 3 aromatic rings. The monoisotopic (exact) mass is 304 g/mol. The van der Waals surface area contributed by atoms with Crippen molar-refractivity contribution in [1.82, 2.24) is 9.97 Å². The van der Waals surface area contributed by atoms with Gasteiger partial charge < -0.3 is 10.1 Å². The number of benzene rings is 2. The molecule has 1 aromatic heterocycles. The molecule has 0 spiro atoms. The van der Waals surface area contributed by atoms with Gasteiger partial charge in [-0.05, 0) is 24.3 Å². The van der Waals surface area contributed by atoms with Gasteiger partial charge in [0.1, 0.15) is 17.2 Å². The first-order valence-corrected chi connectivity index (χ1v) is 6.58. The van der Waals surface area contributed by atoms with Gasteiger partial charge in [0.15, 0.2) is 0 Å². The van der Waals surface area contributed by atoms with Crippen LogP contribution < -0.4 is 0 Å². The molecule has 3 rings (SSSR count). The van der Waals surface area contributed by atoms with Gasteiger partial charge in [0.05, 0.1) is 11.1 Å². The number of halogens is 2. The van der Waals surface area contributed by atoms with Gasteiger partial charge in [-0.25, -0.2) is 14.2 Å². The van der Waals surface area contributed by atoms with Crippen LogP contribution in [0.3, 0.4) is 0 Å². The molecule has 4 nitrogen and oxygen atoms in total. The number of nitrogens with zero attached hydrogens (tertiary/aromatic N) is 1. The molecule has 1 heterocycles. The molecule has 21 heavy (non-hydrogen) atoms. The molecule has 0 atom stereocenters. The molecule has 0 aliphatic heterocycles. The van der Waals surface area contributed by atoms with Crippen LogP contribution in [0.25, 0.3) is 11.0 Å². The van der Waals surface area contributed by atoms with Gasteiger partial charge in [0.2, 0.25) is 0 Å². The summed E-state index contributed by atoms with van der Waals surface area (Å²) in [5.74, 6) is -1.00. The van der Waals surface area contributed by atoms with Crippen molar-refractivity contribution < 1.29 is 14.3 Å². The zero-order valence-corrected chi connectivity index (χ0v) is 11.5. The third-order valence-electron chi connectivity index (χ3n) is 3.20. The number of nitrogens with one attached hydrogen (secondary N) is 1. The van der Waals surface area contributed by atoms with Crippen molar-refractivity contribution >= 4 is 28.6 Å². The maximum Gasteiger partial charge on any atom is 0.337 e. The summed E-state index contributed by atoms with van der Waals surface area (Å²) >= 11 is 5.98. The van der Waals surface area contributed by atoms with E-state index in [0.29, 0.717) is 27.4 Å². The Kier molecular flexibility index (Phi) is 3.35. The quantitative estimate of drug-likeness (QED) is 0.776. The number of hydrogen-bond acceptors (Lipinski definition) is 2. The molecule has 106 valence electrons. The normalized spacial score (nSPS) is 11.0. The number of carbonyl (C=O) groups is 1. The molecule has 0 aliphatic rings. The number of H-pyrrole nitrogens is 1. The summed E-state index contributed by atoms with van der Waals surface area (Å²) in [5.41, 5.74) is 1.38. The van der Waals surface area contributed by atoms with E-state index >= 15 is 0 Å². The van der Waals surface area contributed by atoms with Crippen LogP contribution in [0.4, 0.5) is 4.39 Å². The van der Waals surface area contributed by atoms with E-state index < -0.39 is 11.8 Å². The first-order valence-electron chi connectivity index (χ1n) is 6.20. The van der Waals surface area contributed by atoms with E-state index in [1.807, 2.05) is 0 Å². The lowest BCUT2D eigenvalue weighted by Gasteiger charge is -2.03. The maximum atomic E-state index is 13.8. The molecule has 0 aliphatic carbocycles. The largest absolute Gasteiger partial charge is 0.478 e. The summed E-state index contributed by atoms with van der Waals surface area (Å²) in [7, 11) is 0. The predicted molar refractivity (Wildman–Crippen MR) is 77.3 cm³/mol. The second-order valence-electron chi connectivity index (χ2n) is 4.57. The lowest BCUT2D eigenvalue weighted by atomic mass is 10.1. The van der Waals surface area contributed by atoms with Gasteiger partial charge >= 0.3 is 5.97 Å². The third-order valence-corrected chi connectivity index (χ3v) is 3.55. The van der Waals surface area contributed by atoms with E-state index in [9.17, 15) is 9.18 Å². The Balaban J connectivity index is 2.06. The Morgan fingerprint density at radius 2 is 2.05 bits per heavy atom. The smallest absolute Gasteiger partial charge is 0.337 e. The molecule has 2 N–H and O–H groups in total. The number of imidazole rings is 1. The maximum absolute atomic E-state index is 13.8. The molecule has 0 unspecified atom stereocenters. The molecule has 0 amide bonds. The summed E-state index contributed by atoms with van der Waals surface area (Å²) < 4.78 is 13.8. The lowest BCUT2D eigenvalue weighted by Crippen LogP contribution is -1.97. The fraction of sp³-hybridized carbons (Fsp3) is 0.0667. The van der Waals surface area contributed by atoms with E-state index in [4.69, 9.17) is 16.7 Å². The summed E-state index contributed by atoms with van der Waals surface area (Å²) in [5, 5.41) is 9.45. The van der Waals surface area contributed by atoms with E-state index in [1.54, 1.807) is 18.2 Å². The Bertz CT molecular complexity index is 825. The van der Waals surface area contributed by atoms with E-state index in [0.717, 1.165) is 0 Å². The number of fused-ring (bicyclic) bond motifs is 1. The minimum absolute atomic E-state index is 0.106. The fourth-order valence-corrected chi connectivity index (χ4v) is 2.44. The first kappa shape index (κ1) is 13.6. The number of carboxylic acid groups (broad SMARTS) is 1. The Hall–Kier alpha value is -2.40. The average molecular weight is 305 g/mol. The van der Waals surface area contributed by atoms with E-state index in [2.05, 4.69) is 9.97 Å². The lowest BCUT2D eigenvalue weighted by molar-refractivity contribution is 0.0699. The topological polar surface area (TPSA) is 66.0 Å². The van der Waals surface area contributed by atoms with Crippen LogP contribution in [0.1, 0.15) is 21.7 Å². The highest BCUT2D eigenvalue weighted by atomic mass is 35.5. The van der Waals surface area contributed by atoms with Crippen molar-refractivity contribution in [2.75, 3.05) is 0 Å². The Morgan fingerprint density at radius 1 is 1.29 bits per heavy atom. The minimum atomic E-state index is -1.05. The zero-order chi connectivity index (χ0) is 15.0. The molecule has 2 aromatic carbocycles. The van der Waals surface area contributed by atoms with Crippen LogP contribution in [0.2, 0.25) is 5.02 Å². The number of aromatic carboxylic acids is 1. The van der Waals surface area contributed by atoms with Gasteiger partial charge in [-0.15, -0.1) is 0 Å². The predicted octanol–water partition coefficient (Wildman–Crippen LogP) is 3.64. The molecule has 0 saturated heterocycles. The number of hydrogen-bond donors (Lipinski definition) is 2. The summed E-state index contributed by atoms with van der Waals surface area (Å²) in [6.07, 6.45) is 0.166. The Labute approximate surface area is 124 Å². The van der Waals surface area contributed by atoms with Crippen LogP contribution in [-0.2, 0) is 6.42 Å². The number of para-hydroxylation sites is 1. The SMILES string of the molecule is O=C(O)c1cccc2[nH]c(Cc3c(F)cccc3Cl)nc12. The summed E-state index contributed by atoms with van der Waals surface area (Å²) in [6, 6.07) is 9.29. The van der Waals surface area contributed by atoms with E-state index in [1.165, 1.54) is 18.2 Å². The van der Waals surface area contributed by atoms with Crippen LogP contribution in [0.15, 0.2) is 36.4 Å². The summed E-state index contributed by atoms with van der Waals surface area (Å²) in [6.45, 7) is 0. The van der Waals surface area contributed by atoms with Crippen LogP contribution in [-0.4, -0.2) is 21.0 Å². The zero-order valence-electron chi connectivity index (χ0n) is 10.7. The second-order valence-corrected chi connectivity index (χ2v) is 4.97. The van der Waals surface area contributed by atoms with Gasteiger partial charge in [0.25, 0.3) is 0 Å². The van der Waals surface area contributed by atoms with Crippen molar-refractivity contribution in [1.29, 1.82) is 0 Å². The number of carboxylic acids is 1. The fourth-order valence-electron chi connectivity index (χ4n) is 2.21. The Morgan fingerprint density at radius 3 is 2.76 bits per heavy atom. The van der Waals surface area contributed by atoms with Crippen LogP contribution >= 0.6 is 11.6 Å². The number of aromatic amines is 1. The highest BCUT2D eigenvalue weighted by Crippen LogP contribution is 2.23. The van der Waals surface area contributed by atoms with Gasteiger partial charge in [0, 0.05) is 17.0 Å². The number of rotatable bonds is 3. The first-order chi connectivity index (χ1) is 10.1. The van der Waals surface area contributed by atoms with Gasteiger partial charge in [-0.2, -0.15) is 0 Å². The molecule has 0 radical (unpaired) electrons. The molecule has 6 heteroatoms. The standard InChI is InChI=1S/C15H10ClFN2O2/c16-10-4-2-5-11(17)9(10)7-13-18-12-6-1-3-8(15(20)21)14(12)19-13/h1-6H,7H2,(H,18,19)(H,20,21). The molecular formula is C15H10ClFN2O2. The van der Waals surface area contributed by atoms with Gasteiger partial charge in [-0.1, -0.05) is 23.7 Å². The van der Waals surface area contributed by atoms with E-state index in [-0.39, 0.29) is 12.0 Å². The molecule has 0 fully saturated rings. The third kappa shape index (κ3) is 2.48. The van der Waals surface area contributed by atoms with Crippen LogP contribution in [0, 0.1) is 5.82 Å².